The van der Waals surface area contributed by atoms with Crippen LogP contribution in [0.3, 0.4) is 0 Å². The molecule has 5 rings (SSSR count). The van der Waals surface area contributed by atoms with Crippen LogP contribution in [0.1, 0.15) is 30.3 Å². The van der Waals surface area contributed by atoms with Crippen molar-refractivity contribution in [1.82, 2.24) is 24.8 Å². The Balaban J connectivity index is 1.32. The molecule has 1 saturated heterocycles. The van der Waals surface area contributed by atoms with E-state index in [1.165, 1.54) is 12.8 Å². The highest BCUT2D eigenvalue weighted by atomic mass is 15.4. The summed E-state index contributed by atoms with van der Waals surface area (Å²) in [5.41, 5.74) is 1.25. The molecule has 130 valence electrons. The summed E-state index contributed by atoms with van der Waals surface area (Å²) in [5, 5.41) is 22.3. The van der Waals surface area contributed by atoms with Crippen LogP contribution in [-0.4, -0.2) is 51.0 Å². The van der Waals surface area contributed by atoms with Gasteiger partial charge in [-0.25, -0.2) is 4.98 Å². The van der Waals surface area contributed by atoms with Crippen LogP contribution in [0.25, 0.3) is 5.65 Å². The lowest BCUT2D eigenvalue weighted by molar-refractivity contribution is 0.486. The number of likely N-dealkylation sites (N-methyl/N-ethyl adjacent to an activating group) is 1. The first-order valence-corrected chi connectivity index (χ1v) is 8.80. The molecule has 1 aliphatic carbocycles. The molecule has 0 unspecified atom stereocenters. The predicted octanol–water partition coefficient (Wildman–Crippen LogP) is 1.59. The van der Waals surface area contributed by atoms with Crippen molar-refractivity contribution in [2.75, 3.05) is 29.9 Å². The fourth-order valence-electron chi connectivity index (χ4n) is 3.32. The Labute approximate surface area is 150 Å². The lowest BCUT2D eigenvalue weighted by Gasteiger charge is -2.44. The zero-order valence-corrected chi connectivity index (χ0v) is 14.4. The highest BCUT2D eigenvalue weighted by Gasteiger charge is 2.33. The highest BCUT2D eigenvalue weighted by Crippen LogP contribution is 2.38. The molecule has 4 heterocycles. The summed E-state index contributed by atoms with van der Waals surface area (Å²) in [6.45, 7) is 1.74. The molecule has 1 saturated carbocycles. The van der Waals surface area contributed by atoms with Gasteiger partial charge in [-0.1, -0.05) is 6.07 Å². The maximum Gasteiger partial charge on any atom is 0.178 e. The van der Waals surface area contributed by atoms with E-state index in [1.807, 2.05) is 35.8 Å². The van der Waals surface area contributed by atoms with Crippen molar-refractivity contribution in [3.8, 4) is 6.07 Å². The van der Waals surface area contributed by atoms with Gasteiger partial charge in [0.05, 0.1) is 6.04 Å². The van der Waals surface area contributed by atoms with Crippen LogP contribution in [-0.2, 0) is 0 Å². The second-order valence-corrected chi connectivity index (χ2v) is 6.96. The van der Waals surface area contributed by atoms with Crippen molar-refractivity contribution in [3.05, 3.63) is 41.9 Å². The van der Waals surface area contributed by atoms with Crippen LogP contribution in [0.2, 0.25) is 0 Å². The third kappa shape index (κ3) is 2.44. The van der Waals surface area contributed by atoms with E-state index in [0.29, 0.717) is 17.7 Å². The fraction of sp³-hybridized carbons (Fsp3) is 0.389. The van der Waals surface area contributed by atoms with Gasteiger partial charge in [-0.15, -0.1) is 15.3 Å². The standard InChI is InChI=1S/C18H18N8/c1-24(15-4-2-3-13(9-19)20-15)14-10-25(11-14)17-8-7-16-21-22-18(12-5-6-12)26(16)23-17/h2-4,7-8,12,14H,5-6,10-11H2,1H3. The van der Waals surface area contributed by atoms with Crippen molar-refractivity contribution in [1.29, 1.82) is 5.26 Å². The van der Waals surface area contributed by atoms with E-state index in [2.05, 4.69) is 31.1 Å². The van der Waals surface area contributed by atoms with E-state index in [0.717, 1.165) is 36.2 Å². The molecule has 2 fully saturated rings. The Morgan fingerprint density at radius 2 is 2.00 bits per heavy atom. The van der Waals surface area contributed by atoms with Gasteiger partial charge in [0.25, 0.3) is 0 Å². The van der Waals surface area contributed by atoms with Gasteiger partial charge in [0.1, 0.15) is 23.4 Å². The minimum atomic E-state index is 0.345. The average molecular weight is 346 g/mol. The SMILES string of the molecule is CN(c1cccc(C#N)n1)C1CN(c2ccc3nnc(C4CC4)n3n2)C1. The molecule has 0 amide bonds. The van der Waals surface area contributed by atoms with E-state index in [-0.39, 0.29) is 0 Å². The Morgan fingerprint density at radius 1 is 1.15 bits per heavy atom. The Kier molecular flexibility index (Phi) is 3.28. The van der Waals surface area contributed by atoms with Gasteiger partial charge < -0.3 is 9.80 Å². The lowest BCUT2D eigenvalue weighted by Crippen LogP contribution is -2.59. The molecule has 3 aromatic heterocycles. The average Bonchev–Trinajstić information content (AvgIpc) is 3.40. The number of pyridine rings is 1. The first kappa shape index (κ1) is 15.1. The number of hydrogen-bond acceptors (Lipinski definition) is 7. The van der Waals surface area contributed by atoms with Crippen LogP contribution >= 0.6 is 0 Å². The molecule has 26 heavy (non-hydrogen) atoms. The van der Waals surface area contributed by atoms with Crippen molar-refractivity contribution >= 4 is 17.3 Å². The maximum atomic E-state index is 9.02. The van der Waals surface area contributed by atoms with Crippen LogP contribution in [0.4, 0.5) is 11.6 Å². The zero-order chi connectivity index (χ0) is 17.7. The molecular weight excluding hydrogens is 328 g/mol. The van der Waals surface area contributed by atoms with Crippen molar-refractivity contribution in [2.24, 2.45) is 0 Å². The predicted molar refractivity (Wildman–Crippen MR) is 96.1 cm³/mol. The molecule has 0 bridgehead atoms. The number of fused-ring (bicyclic) bond motifs is 1. The van der Waals surface area contributed by atoms with Crippen LogP contribution < -0.4 is 9.80 Å². The van der Waals surface area contributed by atoms with Crippen molar-refractivity contribution < 1.29 is 0 Å². The van der Waals surface area contributed by atoms with Gasteiger partial charge in [0.15, 0.2) is 11.5 Å². The molecule has 3 aromatic rings. The fourth-order valence-corrected chi connectivity index (χ4v) is 3.32. The maximum absolute atomic E-state index is 9.02. The number of aromatic nitrogens is 5. The largest absolute Gasteiger partial charge is 0.353 e. The van der Waals surface area contributed by atoms with E-state index >= 15 is 0 Å². The van der Waals surface area contributed by atoms with Gasteiger partial charge in [-0.3, -0.25) is 0 Å². The summed E-state index contributed by atoms with van der Waals surface area (Å²) in [5.74, 6) is 3.27. The summed E-state index contributed by atoms with van der Waals surface area (Å²) in [6.07, 6.45) is 2.36. The molecule has 8 nitrogen and oxygen atoms in total. The molecule has 1 aliphatic heterocycles. The van der Waals surface area contributed by atoms with Crippen LogP contribution in [0.5, 0.6) is 0 Å². The molecule has 0 N–H and O–H groups in total. The second-order valence-electron chi connectivity index (χ2n) is 6.96. The van der Waals surface area contributed by atoms with Gasteiger partial charge >= 0.3 is 0 Å². The third-order valence-electron chi connectivity index (χ3n) is 5.16. The lowest BCUT2D eigenvalue weighted by atomic mass is 10.1. The molecule has 2 aliphatic rings. The minimum absolute atomic E-state index is 0.345. The van der Waals surface area contributed by atoms with Gasteiger partial charge in [-0.2, -0.15) is 9.78 Å². The first-order chi connectivity index (χ1) is 12.7. The monoisotopic (exact) mass is 346 g/mol. The summed E-state index contributed by atoms with van der Waals surface area (Å²) < 4.78 is 1.89. The van der Waals surface area contributed by atoms with Crippen LogP contribution in [0, 0.1) is 11.3 Å². The van der Waals surface area contributed by atoms with E-state index in [9.17, 15) is 0 Å². The van der Waals surface area contributed by atoms with E-state index in [1.54, 1.807) is 6.07 Å². The third-order valence-corrected chi connectivity index (χ3v) is 5.16. The van der Waals surface area contributed by atoms with Crippen LogP contribution in [0.15, 0.2) is 30.3 Å². The molecule has 0 atom stereocenters. The molecule has 8 heteroatoms. The summed E-state index contributed by atoms with van der Waals surface area (Å²) in [6, 6.07) is 12.0. The normalized spacial score (nSPS) is 17.2. The number of hydrogen-bond donors (Lipinski definition) is 0. The Bertz CT molecular complexity index is 1010. The summed E-state index contributed by atoms with van der Waals surface area (Å²) >= 11 is 0. The second kappa shape index (κ2) is 5.66. The molecule has 0 spiro atoms. The quantitative estimate of drug-likeness (QED) is 0.709. The number of nitriles is 1. The minimum Gasteiger partial charge on any atom is -0.353 e. The number of nitrogens with zero attached hydrogens (tertiary/aromatic N) is 8. The van der Waals surface area contributed by atoms with Gasteiger partial charge in [0, 0.05) is 26.1 Å². The Hall–Kier alpha value is -3.21. The smallest absolute Gasteiger partial charge is 0.178 e. The van der Waals surface area contributed by atoms with Crippen molar-refractivity contribution in [3.63, 3.8) is 0 Å². The molecular formula is C18H18N8. The van der Waals surface area contributed by atoms with E-state index in [4.69, 9.17) is 10.4 Å². The zero-order valence-electron chi connectivity index (χ0n) is 14.4. The highest BCUT2D eigenvalue weighted by molar-refractivity contribution is 5.51. The van der Waals surface area contributed by atoms with Gasteiger partial charge in [-0.05, 0) is 37.1 Å². The molecule has 0 aromatic carbocycles. The molecule has 0 radical (unpaired) electrons. The Morgan fingerprint density at radius 3 is 2.77 bits per heavy atom. The first-order valence-electron chi connectivity index (χ1n) is 8.80. The summed E-state index contributed by atoms with van der Waals surface area (Å²) in [4.78, 5) is 8.74. The van der Waals surface area contributed by atoms with Crippen molar-refractivity contribution in [2.45, 2.75) is 24.8 Å². The van der Waals surface area contributed by atoms with Gasteiger partial charge in [0.2, 0.25) is 0 Å². The number of anilines is 2. The summed E-state index contributed by atoms with van der Waals surface area (Å²) in [7, 11) is 2.02. The number of rotatable bonds is 4. The topological polar surface area (TPSA) is 86.2 Å². The van der Waals surface area contributed by atoms with E-state index < -0.39 is 0 Å².